The van der Waals surface area contributed by atoms with Gasteiger partial charge in [0.15, 0.2) is 11.6 Å². The average molecular weight is 371 g/mol. The molecule has 1 aromatic carbocycles. The Hall–Kier alpha value is -2.38. The van der Waals surface area contributed by atoms with Gasteiger partial charge in [-0.1, -0.05) is 30.3 Å². The highest BCUT2D eigenvalue weighted by Crippen LogP contribution is 2.60. The Morgan fingerprint density at radius 3 is 2.27 bits per heavy atom. The van der Waals surface area contributed by atoms with E-state index in [0.717, 1.165) is 0 Å². The van der Waals surface area contributed by atoms with E-state index in [-0.39, 0.29) is 24.0 Å². The first-order valence-electron chi connectivity index (χ1n) is 8.40. The summed E-state index contributed by atoms with van der Waals surface area (Å²) >= 11 is 1.27. The second-order valence-corrected chi connectivity index (χ2v) is 8.15. The smallest absolute Gasteiger partial charge is 0.222 e. The minimum atomic E-state index is -1.86. The average Bonchev–Trinajstić information content (AvgIpc) is 3.20. The number of hydrogen-bond donors (Lipinski definition) is 1. The van der Waals surface area contributed by atoms with Crippen LogP contribution in [0.3, 0.4) is 0 Å². The van der Waals surface area contributed by atoms with Crippen LogP contribution in [0.2, 0.25) is 0 Å². The minimum Gasteiger partial charge on any atom is -0.389 e. The van der Waals surface area contributed by atoms with Crippen molar-refractivity contribution in [3.8, 4) is 0 Å². The summed E-state index contributed by atoms with van der Waals surface area (Å²) in [6.07, 6.45) is 0.132. The number of benzene rings is 1. The maximum absolute atomic E-state index is 13.5. The molecule has 4 rings (SSSR count). The third kappa shape index (κ3) is 1.95. The van der Waals surface area contributed by atoms with E-state index in [1.807, 2.05) is 0 Å². The Morgan fingerprint density at radius 1 is 1.15 bits per heavy atom. The van der Waals surface area contributed by atoms with Crippen molar-refractivity contribution in [2.45, 2.75) is 37.3 Å². The number of nitrogens with zero attached hydrogens (tertiary/aromatic N) is 1. The molecule has 0 radical (unpaired) electrons. The lowest BCUT2D eigenvalue weighted by Crippen LogP contribution is -2.63. The van der Waals surface area contributed by atoms with Gasteiger partial charge in [-0.15, -0.1) is 11.3 Å². The van der Waals surface area contributed by atoms with Crippen molar-refractivity contribution in [1.29, 1.82) is 0 Å². The van der Waals surface area contributed by atoms with Crippen LogP contribution in [0.15, 0.2) is 41.8 Å². The summed E-state index contributed by atoms with van der Waals surface area (Å²) in [4.78, 5) is 38.9. The first-order chi connectivity index (χ1) is 12.3. The molecule has 2 aliphatic carbocycles. The third-order valence-corrected chi connectivity index (χ3v) is 6.84. The van der Waals surface area contributed by atoms with Crippen LogP contribution >= 0.6 is 11.3 Å². The summed E-state index contributed by atoms with van der Waals surface area (Å²) in [5.41, 5.74) is -3.05. The van der Waals surface area contributed by atoms with Crippen molar-refractivity contribution in [3.05, 3.63) is 67.9 Å². The van der Waals surface area contributed by atoms with Crippen molar-refractivity contribution in [2.24, 2.45) is 5.41 Å². The predicted molar refractivity (Wildman–Crippen MR) is 95.2 cm³/mol. The Labute approximate surface area is 153 Å². The Morgan fingerprint density at radius 2 is 1.77 bits per heavy atom. The molecule has 134 valence electrons. The van der Waals surface area contributed by atoms with Gasteiger partial charge in [0, 0.05) is 27.3 Å². The van der Waals surface area contributed by atoms with E-state index in [1.54, 1.807) is 41.8 Å². The molecule has 2 aliphatic rings. The molecule has 1 spiro atoms. The zero-order valence-corrected chi connectivity index (χ0v) is 14.9. The first-order valence-corrected chi connectivity index (χ1v) is 9.28. The van der Waals surface area contributed by atoms with Crippen LogP contribution in [0.5, 0.6) is 0 Å². The molecule has 3 atom stereocenters. The highest BCUT2D eigenvalue weighted by molar-refractivity contribution is 7.10. The fourth-order valence-electron chi connectivity index (χ4n) is 4.69. The van der Waals surface area contributed by atoms with Gasteiger partial charge in [-0.05, 0) is 24.8 Å². The molecule has 1 aromatic heterocycles. The maximum atomic E-state index is 13.5. The Bertz CT molecular complexity index is 883. The zero-order valence-electron chi connectivity index (χ0n) is 14.0. The van der Waals surface area contributed by atoms with Crippen LogP contribution in [0, 0.1) is 15.5 Å². The molecule has 0 amide bonds. The van der Waals surface area contributed by atoms with Crippen LogP contribution in [0.1, 0.15) is 51.3 Å². The Kier molecular flexibility index (Phi) is 3.65. The van der Waals surface area contributed by atoms with Crippen molar-refractivity contribution >= 4 is 22.9 Å². The van der Waals surface area contributed by atoms with Crippen LogP contribution in [0.4, 0.5) is 0 Å². The lowest BCUT2D eigenvalue weighted by molar-refractivity contribution is -0.535. The normalized spacial score (nSPS) is 29.8. The molecule has 2 aromatic rings. The van der Waals surface area contributed by atoms with Crippen LogP contribution in [-0.4, -0.2) is 33.2 Å². The van der Waals surface area contributed by atoms with Gasteiger partial charge in [0.2, 0.25) is 6.04 Å². The van der Waals surface area contributed by atoms with Crippen molar-refractivity contribution < 1.29 is 19.6 Å². The van der Waals surface area contributed by atoms with Gasteiger partial charge in [-0.25, -0.2) is 0 Å². The summed E-state index contributed by atoms with van der Waals surface area (Å²) < 4.78 is 0. The Balaban J connectivity index is 2.03. The van der Waals surface area contributed by atoms with Gasteiger partial charge in [-0.3, -0.25) is 19.7 Å². The highest BCUT2D eigenvalue weighted by atomic mass is 32.1. The molecule has 1 saturated carbocycles. The lowest BCUT2D eigenvalue weighted by atomic mass is 9.53. The fraction of sp³-hybridized carbons (Fsp3) is 0.368. The zero-order chi connectivity index (χ0) is 18.7. The topological polar surface area (TPSA) is 97.5 Å². The predicted octanol–water partition coefficient (Wildman–Crippen LogP) is 3.09. The number of thiophene rings is 1. The second kappa shape index (κ2) is 5.56. The fourth-order valence-corrected chi connectivity index (χ4v) is 5.65. The number of fused-ring (bicyclic) bond motifs is 1. The minimum absolute atomic E-state index is 0.0198. The molecular weight excluding hydrogens is 354 g/mol. The maximum Gasteiger partial charge on any atom is 0.222 e. The third-order valence-electron chi connectivity index (χ3n) is 5.88. The van der Waals surface area contributed by atoms with Crippen LogP contribution in [-0.2, 0) is 0 Å². The molecule has 1 fully saturated rings. The van der Waals surface area contributed by atoms with Crippen LogP contribution < -0.4 is 0 Å². The monoisotopic (exact) mass is 371 g/mol. The molecule has 0 bridgehead atoms. The quantitative estimate of drug-likeness (QED) is 0.497. The van der Waals surface area contributed by atoms with Gasteiger partial charge in [-0.2, -0.15) is 0 Å². The SMILES string of the molecule is C[C@@]1(O)CC[C@H]([N+](=O)[O-])[C@@H](c2cccs2)C12C(=O)c1ccccc1C2=O. The van der Waals surface area contributed by atoms with Gasteiger partial charge >= 0.3 is 0 Å². The van der Waals surface area contributed by atoms with Gasteiger partial charge < -0.3 is 5.11 Å². The first kappa shape index (κ1) is 17.1. The molecule has 0 unspecified atom stereocenters. The van der Waals surface area contributed by atoms with E-state index < -0.39 is 39.5 Å². The summed E-state index contributed by atoms with van der Waals surface area (Å²) in [6, 6.07) is 8.78. The van der Waals surface area contributed by atoms with Gasteiger partial charge in [0.25, 0.3) is 0 Å². The summed E-state index contributed by atoms with van der Waals surface area (Å²) in [7, 11) is 0. The van der Waals surface area contributed by atoms with Crippen molar-refractivity contribution in [3.63, 3.8) is 0 Å². The van der Waals surface area contributed by atoms with E-state index in [4.69, 9.17) is 0 Å². The molecular formula is C19H17NO5S. The number of ketones is 2. The van der Waals surface area contributed by atoms with Crippen LogP contribution in [0.25, 0.3) is 0 Å². The standard InChI is InChI=1S/C19H17NO5S/c1-18(23)9-8-13(20(24)25)15(14-7-4-10-26-14)19(18)16(21)11-5-2-3-6-12(11)17(19)22/h2-7,10,13,15,23H,8-9H2,1H3/t13-,15-,18+/m0/s1. The van der Waals surface area contributed by atoms with E-state index >= 15 is 0 Å². The highest BCUT2D eigenvalue weighted by Gasteiger charge is 2.72. The number of aliphatic hydroxyl groups is 1. The number of Topliss-reactive ketones (excluding diaryl/α,β-unsaturated/α-hetero) is 2. The number of rotatable bonds is 2. The summed E-state index contributed by atoms with van der Waals surface area (Å²) in [5.74, 6) is -2.00. The lowest BCUT2D eigenvalue weighted by Gasteiger charge is -2.49. The largest absolute Gasteiger partial charge is 0.389 e. The molecule has 1 heterocycles. The molecule has 6 nitrogen and oxygen atoms in total. The number of carbonyl (C=O) groups is 2. The molecule has 26 heavy (non-hydrogen) atoms. The van der Waals surface area contributed by atoms with Crippen molar-refractivity contribution in [1.82, 2.24) is 0 Å². The number of nitro groups is 1. The van der Waals surface area contributed by atoms with Gasteiger partial charge in [0.1, 0.15) is 5.41 Å². The number of carbonyl (C=O) groups excluding carboxylic acids is 2. The van der Waals surface area contributed by atoms with Crippen molar-refractivity contribution in [2.75, 3.05) is 0 Å². The second-order valence-electron chi connectivity index (χ2n) is 7.17. The molecule has 7 heteroatoms. The van der Waals surface area contributed by atoms with Gasteiger partial charge in [0.05, 0.1) is 11.5 Å². The molecule has 0 aliphatic heterocycles. The van der Waals surface area contributed by atoms with E-state index in [9.17, 15) is 24.8 Å². The van der Waals surface area contributed by atoms with E-state index in [2.05, 4.69) is 0 Å². The summed E-state index contributed by atoms with van der Waals surface area (Å²) in [5, 5.41) is 24.8. The summed E-state index contributed by atoms with van der Waals surface area (Å²) in [6.45, 7) is 1.46. The molecule has 0 saturated heterocycles. The molecule has 1 N–H and O–H groups in total. The number of hydrogen-bond acceptors (Lipinski definition) is 6. The van der Waals surface area contributed by atoms with E-state index in [0.29, 0.717) is 4.88 Å². The van der Waals surface area contributed by atoms with E-state index in [1.165, 1.54) is 18.3 Å².